The van der Waals surface area contributed by atoms with Crippen molar-refractivity contribution in [1.29, 1.82) is 0 Å². The molecule has 1 aromatic heterocycles. The summed E-state index contributed by atoms with van der Waals surface area (Å²) in [7, 11) is 1.31. The summed E-state index contributed by atoms with van der Waals surface area (Å²) in [6, 6.07) is 7.50. The van der Waals surface area contributed by atoms with E-state index >= 15 is 0 Å². The molecule has 1 saturated carbocycles. The summed E-state index contributed by atoms with van der Waals surface area (Å²) < 4.78 is 10.6. The van der Waals surface area contributed by atoms with Crippen LogP contribution in [0, 0.1) is 5.92 Å². The number of fused-ring (bicyclic) bond motifs is 1. The van der Waals surface area contributed by atoms with Gasteiger partial charge in [-0.3, -0.25) is 9.59 Å². The molecule has 0 radical (unpaired) electrons. The number of nitrogens with one attached hydrogen (secondary N) is 2. The van der Waals surface area contributed by atoms with Crippen molar-refractivity contribution >= 4 is 57.7 Å². The molecule has 4 rings (SSSR count). The number of hydrogen-bond donors (Lipinski definition) is 2. The molecule has 2 heterocycles. The van der Waals surface area contributed by atoms with Crippen LogP contribution >= 0.6 is 23.1 Å². The first-order valence-electron chi connectivity index (χ1n) is 14.0. The molecule has 0 bridgehead atoms. The molecule has 41 heavy (non-hydrogen) atoms. The zero-order valence-electron chi connectivity index (χ0n) is 24.3. The Morgan fingerprint density at radius 2 is 1.83 bits per heavy atom. The highest BCUT2D eigenvalue weighted by atomic mass is 32.2. The number of ether oxygens (including phenoxy) is 2. The van der Waals surface area contributed by atoms with Crippen molar-refractivity contribution in [2.75, 3.05) is 24.3 Å². The molecule has 1 fully saturated rings. The summed E-state index contributed by atoms with van der Waals surface area (Å²) in [5, 5.41) is 5.89. The Hall–Kier alpha value is -3.05. The Labute approximate surface area is 249 Å². The first-order valence-corrected chi connectivity index (χ1v) is 15.7. The molecule has 0 spiro atoms. The largest absolute Gasteiger partial charge is 0.465 e. The molecule has 1 unspecified atom stereocenters. The minimum Gasteiger partial charge on any atom is -0.465 e. The lowest BCUT2D eigenvalue weighted by Crippen LogP contribution is -2.39. The molecular formula is C30H39N3O6S2. The third-order valence-corrected chi connectivity index (χ3v) is 9.32. The van der Waals surface area contributed by atoms with E-state index in [4.69, 9.17) is 9.47 Å². The topological polar surface area (TPSA) is 114 Å². The van der Waals surface area contributed by atoms with E-state index in [-0.39, 0.29) is 17.7 Å². The van der Waals surface area contributed by atoms with Gasteiger partial charge in [0, 0.05) is 27.9 Å². The summed E-state index contributed by atoms with van der Waals surface area (Å²) in [6.45, 7) is 7.93. The minimum atomic E-state index is -0.614. The van der Waals surface area contributed by atoms with Gasteiger partial charge in [-0.1, -0.05) is 25.3 Å². The molecule has 1 atom stereocenters. The van der Waals surface area contributed by atoms with Crippen LogP contribution in [0.25, 0.3) is 0 Å². The Kier molecular flexibility index (Phi) is 10.0. The second-order valence-electron chi connectivity index (χ2n) is 11.5. The van der Waals surface area contributed by atoms with Crippen LogP contribution in [0.15, 0.2) is 29.2 Å². The van der Waals surface area contributed by atoms with Crippen LogP contribution in [0.2, 0.25) is 0 Å². The van der Waals surface area contributed by atoms with E-state index in [1.165, 1.54) is 36.6 Å². The standard InChI is InChI=1S/C30H39N3O6S2/c1-18(40-21-13-9-12-20(16-21)31-26(35)19-10-7-6-8-11-19)25(34)32-27-24(28(36)38-5)22-14-15-33(17-23(22)41-27)29(37)39-30(2,3)4/h9,12-13,16,18-19H,6-8,10-11,14-15,17H2,1-5H3,(H,31,35)(H,32,34). The molecule has 222 valence electrons. The van der Waals surface area contributed by atoms with Gasteiger partial charge < -0.3 is 25.0 Å². The lowest BCUT2D eigenvalue weighted by molar-refractivity contribution is -0.120. The molecule has 2 N–H and O–H groups in total. The van der Waals surface area contributed by atoms with Crippen molar-refractivity contribution in [2.24, 2.45) is 5.92 Å². The van der Waals surface area contributed by atoms with E-state index in [0.717, 1.165) is 41.0 Å². The summed E-state index contributed by atoms with van der Waals surface area (Å²) in [5.41, 5.74) is 1.23. The fourth-order valence-corrected chi connectivity index (χ4v) is 7.20. The molecule has 2 aromatic rings. The highest BCUT2D eigenvalue weighted by molar-refractivity contribution is 8.00. The Morgan fingerprint density at radius 3 is 2.51 bits per heavy atom. The third kappa shape index (κ3) is 8.03. The fraction of sp³-hybridized carbons (Fsp3) is 0.533. The van der Waals surface area contributed by atoms with Crippen molar-refractivity contribution < 1.29 is 28.7 Å². The third-order valence-electron chi connectivity index (χ3n) is 7.09. The van der Waals surface area contributed by atoms with Gasteiger partial charge in [0.25, 0.3) is 0 Å². The number of hydrogen-bond acceptors (Lipinski definition) is 8. The number of carbonyl (C=O) groups excluding carboxylic acids is 4. The summed E-state index contributed by atoms with van der Waals surface area (Å²) in [6.07, 6.45) is 5.27. The van der Waals surface area contributed by atoms with Crippen molar-refractivity contribution in [3.63, 3.8) is 0 Å². The van der Waals surface area contributed by atoms with Crippen molar-refractivity contribution in [3.8, 4) is 0 Å². The van der Waals surface area contributed by atoms with E-state index in [9.17, 15) is 19.2 Å². The number of carbonyl (C=O) groups is 4. The highest BCUT2D eigenvalue weighted by Gasteiger charge is 2.33. The van der Waals surface area contributed by atoms with Crippen LogP contribution < -0.4 is 10.6 Å². The number of benzene rings is 1. The second-order valence-corrected chi connectivity index (χ2v) is 14.0. The van der Waals surface area contributed by atoms with Gasteiger partial charge in [0.1, 0.15) is 10.6 Å². The zero-order chi connectivity index (χ0) is 29.7. The molecule has 2 aliphatic rings. The maximum absolute atomic E-state index is 13.3. The number of methoxy groups -OCH3 is 1. The van der Waals surface area contributed by atoms with Gasteiger partial charge in [-0.25, -0.2) is 9.59 Å². The van der Waals surface area contributed by atoms with Gasteiger partial charge in [0.15, 0.2) is 0 Å². The number of esters is 1. The summed E-state index contributed by atoms with van der Waals surface area (Å²) in [4.78, 5) is 54.6. The molecule has 9 nitrogen and oxygen atoms in total. The predicted molar refractivity (Wildman–Crippen MR) is 162 cm³/mol. The Balaban J connectivity index is 1.43. The van der Waals surface area contributed by atoms with E-state index in [0.29, 0.717) is 35.8 Å². The van der Waals surface area contributed by atoms with Crippen LogP contribution in [-0.2, 0) is 32.0 Å². The molecule has 1 aliphatic heterocycles. The molecule has 11 heteroatoms. The number of rotatable bonds is 7. The molecule has 3 amide bonds. The van der Waals surface area contributed by atoms with Gasteiger partial charge >= 0.3 is 12.1 Å². The summed E-state index contributed by atoms with van der Waals surface area (Å²) >= 11 is 2.65. The smallest absolute Gasteiger partial charge is 0.410 e. The molecule has 0 saturated heterocycles. The van der Waals surface area contributed by atoms with Crippen molar-refractivity contribution in [2.45, 2.75) is 88.5 Å². The van der Waals surface area contributed by atoms with Gasteiger partial charge in [0.2, 0.25) is 11.8 Å². The highest BCUT2D eigenvalue weighted by Crippen LogP contribution is 2.39. The first-order chi connectivity index (χ1) is 19.4. The average Bonchev–Trinajstić information content (AvgIpc) is 3.29. The minimum absolute atomic E-state index is 0.0554. The number of nitrogens with zero attached hydrogens (tertiary/aromatic N) is 1. The molecular weight excluding hydrogens is 562 g/mol. The number of thioether (sulfide) groups is 1. The monoisotopic (exact) mass is 601 g/mol. The van der Waals surface area contributed by atoms with Gasteiger partial charge in [-0.15, -0.1) is 23.1 Å². The fourth-order valence-electron chi connectivity index (χ4n) is 5.02. The predicted octanol–water partition coefficient (Wildman–Crippen LogP) is 6.47. The zero-order valence-corrected chi connectivity index (χ0v) is 26.0. The maximum Gasteiger partial charge on any atom is 0.410 e. The van der Waals surface area contributed by atoms with Crippen molar-refractivity contribution in [1.82, 2.24) is 4.90 Å². The van der Waals surface area contributed by atoms with Gasteiger partial charge in [-0.05, 0) is 70.7 Å². The van der Waals surface area contributed by atoms with E-state index < -0.39 is 22.9 Å². The molecule has 1 aliphatic carbocycles. The number of thiophene rings is 1. The Morgan fingerprint density at radius 1 is 1.10 bits per heavy atom. The van der Waals surface area contributed by atoms with Crippen LogP contribution in [0.1, 0.15) is 80.6 Å². The van der Waals surface area contributed by atoms with Crippen molar-refractivity contribution in [3.05, 3.63) is 40.3 Å². The molecule has 1 aromatic carbocycles. The van der Waals surface area contributed by atoms with E-state index in [1.54, 1.807) is 11.8 Å². The lowest BCUT2D eigenvalue weighted by atomic mass is 9.88. The normalized spacial score (nSPS) is 16.4. The number of anilines is 2. The number of amides is 3. The van der Waals surface area contributed by atoms with Crippen LogP contribution in [-0.4, -0.2) is 53.3 Å². The van der Waals surface area contributed by atoms with Gasteiger partial charge in [0.05, 0.1) is 24.5 Å². The summed E-state index contributed by atoms with van der Waals surface area (Å²) in [5.74, 6) is -0.675. The van der Waals surface area contributed by atoms with E-state index in [2.05, 4.69) is 10.6 Å². The average molecular weight is 602 g/mol. The second kappa shape index (κ2) is 13.3. The Bertz CT molecular complexity index is 1300. The van der Waals surface area contributed by atoms with Gasteiger partial charge in [-0.2, -0.15) is 0 Å². The first kappa shape index (κ1) is 30.9. The van der Waals surface area contributed by atoms with Crippen LogP contribution in [0.3, 0.4) is 0 Å². The van der Waals surface area contributed by atoms with Crippen LogP contribution in [0.4, 0.5) is 15.5 Å². The van der Waals surface area contributed by atoms with E-state index in [1.807, 2.05) is 45.0 Å². The SMILES string of the molecule is COC(=O)c1c(NC(=O)C(C)Sc2cccc(NC(=O)C3CCCCC3)c2)sc2c1CCN(C(=O)OC(C)(C)C)C2. The maximum atomic E-state index is 13.3. The lowest BCUT2D eigenvalue weighted by Gasteiger charge is -2.30. The van der Waals surface area contributed by atoms with Crippen LogP contribution in [0.5, 0.6) is 0 Å². The quantitative estimate of drug-likeness (QED) is 0.276.